The number of carbonyl (C=O) groups excluding carboxylic acids is 4. The van der Waals surface area contributed by atoms with Crippen LogP contribution in [0, 0.1) is 34.8 Å². The van der Waals surface area contributed by atoms with E-state index in [4.69, 9.17) is 4.74 Å². The number of likely N-dealkylation sites (tertiary alicyclic amines) is 1. The number of fused-ring (bicyclic) bond motifs is 1. The normalized spacial score (nSPS) is 24.6. The SMILES string of the molecule is CN1C(=O)[C@]2(C[C@@H](C#N)N(C(=O)[C@H](CC3CC3)N(C)C(=O)[C@H](CC3CC3)NC(=O)C(F)(F)F)C2)Oc2cc(F)cc(F)c21. The van der Waals surface area contributed by atoms with E-state index in [1.54, 1.807) is 5.32 Å². The number of alkyl halides is 3. The van der Waals surface area contributed by atoms with Crippen LogP contribution in [0.1, 0.15) is 44.9 Å². The van der Waals surface area contributed by atoms with Crippen molar-refractivity contribution in [3.63, 3.8) is 0 Å². The van der Waals surface area contributed by atoms with E-state index in [1.807, 2.05) is 6.07 Å². The molecule has 1 N–H and O–H groups in total. The van der Waals surface area contributed by atoms with Crippen LogP contribution in [0.25, 0.3) is 0 Å². The molecule has 1 aromatic carbocycles. The number of nitriles is 1. The van der Waals surface area contributed by atoms with Gasteiger partial charge in [-0.2, -0.15) is 18.4 Å². The van der Waals surface area contributed by atoms with Crippen molar-refractivity contribution in [3.8, 4) is 11.8 Å². The maximum absolute atomic E-state index is 14.5. The Morgan fingerprint density at radius 2 is 1.79 bits per heavy atom. The van der Waals surface area contributed by atoms with Gasteiger partial charge in [-0.15, -0.1) is 0 Å². The van der Waals surface area contributed by atoms with Crippen LogP contribution >= 0.6 is 0 Å². The molecule has 15 heteroatoms. The van der Waals surface area contributed by atoms with Crippen molar-refractivity contribution < 1.29 is 45.9 Å². The second-order valence-electron chi connectivity index (χ2n) is 11.9. The largest absolute Gasteiger partial charge is 0.473 e. The van der Waals surface area contributed by atoms with Gasteiger partial charge in [-0.3, -0.25) is 19.2 Å². The minimum absolute atomic E-state index is 0.0236. The average molecular weight is 612 g/mol. The lowest BCUT2D eigenvalue weighted by molar-refractivity contribution is -0.175. The van der Waals surface area contributed by atoms with E-state index in [9.17, 15) is 46.4 Å². The first-order chi connectivity index (χ1) is 20.1. The monoisotopic (exact) mass is 611 g/mol. The molecule has 2 saturated carbocycles. The van der Waals surface area contributed by atoms with E-state index in [-0.39, 0.29) is 42.5 Å². The molecule has 1 aromatic rings. The number of rotatable bonds is 8. The molecule has 0 unspecified atom stereocenters. The van der Waals surface area contributed by atoms with Crippen molar-refractivity contribution >= 4 is 29.3 Å². The lowest BCUT2D eigenvalue weighted by Gasteiger charge is -2.39. The summed E-state index contributed by atoms with van der Waals surface area (Å²) in [7, 11) is 2.52. The van der Waals surface area contributed by atoms with Gasteiger partial charge >= 0.3 is 12.1 Å². The van der Waals surface area contributed by atoms with Crippen LogP contribution in [0.4, 0.5) is 27.6 Å². The molecule has 232 valence electrons. The van der Waals surface area contributed by atoms with Crippen molar-refractivity contribution in [2.24, 2.45) is 11.8 Å². The highest BCUT2D eigenvalue weighted by Gasteiger charge is 2.58. The standard InChI is InChI=1S/C28H30F5N5O5/c1-36(23(39)19(7-14-3-4-14)35-25(41)28(31,32)33)20(8-15-5-6-15)24(40)38-13-27(11-17(38)12-34)26(42)37(2)22-18(30)9-16(29)10-21(22)43-27/h9-10,14-15,17,19-20H,3-8,11,13H2,1-2H3,(H,35,41)/t17-,19-,20-,27+/m0/s1. The third-order valence-corrected chi connectivity index (χ3v) is 8.57. The van der Waals surface area contributed by atoms with E-state index >= 15 is 0 Å². The molecule has 0 aromatic heterocycles. The number of ether oxygens (including phenoxy) is 1. The fraction of sp³-hybridized carbons (Fsp3) is 0.607. The van der Waals surface area contributed by atoms with Gasteiger partial charge in [0.25, 0.3) is 5.91 Å². The van der Waals surface area contributed by atoms with Gasteiger partial charge in [0.2, 0.25) is 17.4 Å². The van der Waals surface area contributed by atoms with Crippen molar-refractivity contribution in [2.45, 2.75) is 74.8 Å². The molecular weight excluding hydrogens is 581 g/mol. The second kappa shape index (κ2) is 10.9. The van der Waals surface area contributed by atoms with Gasteiger partial charge in [0.1, 0.15) is 29.6 Å². The van der Waals surface area contributed by atoms with Crippen molar-refractivity contribution in [1.29, 1.82) is 5.26 Å². The summed E-state index contributed by atoms with van der Waals surface area (Å²) in [6, 6.07) is -0.502. The molecule has 5 rings (SSSR count). The van der Waals surface area contributed by atoms with Gasteiger partial charge in [0, 0.05) is 32.6 Å². The van der Waals surface area contributed by atoms with Crippen LogP contribution in [0.2, 0.25) is 0 Å². The molecule has 43 heavy (non-hydrogen) atoms. The molecule has 2 heterocycles. The predicted molar refractivity (Wildman–Crippen MR) is 138 cm³/mol. The van der Waals surface area contributed by atoms with Gasteiger partial charge in [-0.1, -0.05) is 25.7 Å². The van der Waals surface area contributed by atoms with Gasteiger partial charge in [0.15, 0.2) is 11.6 Å². The lowest BCUT2D eigenvalue weighted by atomic mass is 9.96. The van der Waals surface area contributed by atoms with E-state index in [0.717, 1.165) is 33.6 Å². The number of hydrogen-bond acceptors (Lipinski definition) is 6. The summed E-state index contributed by atoms with van der Waals surface area (Å²) in [6.07, 6.45) is -2.50. The summed E-state index contributed by atoms with van der Waals surface area (Å²) < 4.78 is 73.5. The summed E-state index contributed by atoms with van der Waals surface area (Å²) in [5, 5.41) is 11.7. The molecule has 1 spiro atoms. The predicted octanol–water partition coefficient (Wildman–Crippen LogP) is 2.66. The molecule has 4 amide bonds. The average Bonchev–Trinajstić information content (AvgIpc) is 3.87. The van der Waals surface area contributed by atoms with E-state index in [2.05, 4.69) is 0 Å². The molecule has 0 radical (unpaired) electrons. The first-order valence-electron chi connectivity index (χ1n) is 14.0. The number of halogens is 5. The molecule has 2 aliphatic heterocycles. The summed E-state index contributed by atoms with van der Waals surface area (Å²) in [5.74, 6) is -6.90. The molecule has 10 nitrogen and oxygen atoms in total. The Morgan fingerprint density at radius 3 is 2.37 bits per heavy atom. The lowest BCUT2D eigenvalue weighted by Crippen LogP contribution is -2.59. The number of amides is 4. The van der Waals surface area contributed by atoms with Gasteiger partial charge < -0.3 is 24.8 Å². The summed E-state index contributed by atoms with van der Waals surface area (Å²) in [6.45, 7) is -0.468. The molecule has 2 aliphatic carbocycles. The highest BCUT2D eigenvalue weighted by Crippen LogP contribution is 2.45. The van der Waals surface area contributed by atoms with Crippen LogP contribution in [0.15, 0.2) is 12.1 Å². The number of likely N-dealkylation sites (N-methyl/N-ethyl adjacent to an activating group) is 2. The van der Waals surface area contributed by atoms with Gasteiger partial charge in [-0.25, -0.2) is 8.78 Å². The van der Waals surface area contributed by atoms with Crippen LogP contribution in [0.5, 0.6) is 5.75 Å². The first-order valence-corrected chi connectivity index (χ1v) is 14.0. The summed E-state index contributed by atoms with van der Waals surface area (Å²) in [4.78, 5) is 55.8. The second-order valence-corrected chi connectivity index (χ2v) is 11.9. The molecule has 1 saturated heterocycles. The number of carbonyl (C=O) groups is 4. The van der Waals surface area contributed by atoms with Crippen LogP contribution in [0.3, 0.4) is 0 Å². The number of benzene rings is 1. The first kappa shape index (κ1) is 30.5. The van der Waals surface area contributed by atoms with Crippen molar-refractivity contribution in [3.05, 3.63) is 23.8 Å². The zero-order valence-corrected chi connectivity index (χ0v) is 23.4. The number of nitrogens with one attached hydrogen (secondary N) is 1. The maximum atomic E-state index is 14.5. The maximum Gasteiger partial charge on any atom is 0.471 e. The number of nitrogens with zero attached hydrogens (tertiary/aromatic N) is 4. The Morgan fingerprint density at radius 1 is 1.16 bits per heavy atom. The fourth-order valence-electron chi connectivity index (χ4n) is 5.89. The smallest absolute Gasteiger partial charge is 0.471 e. The number of anilines is 1. The Labute approximate surface area is 243 Å². The highest BCUT2D eigenvalue weighted by molar-refractivity contribution is 6.04. The van der Waals surface area contributed by atoms with Crippen molar-refractivity contribution in [2.75, 3.05) is 25.5 Å². The minimum atomic E-state index is -5.21. The van der Waals surface area contributed by atoms with Crippen LogP contribution < -0.4 is 15.0 Å². The topological polar surface area (TPSA) is 123 Å². The number of hydrogen-bond donors (Lipinski definition) is 1. The van der Waals surface area contributed by atoms with E-state index in [1.165, 1.54) is 14.1 Å². The highest BCUT2D eigenvalue weighted by atomic mass is 19.4. The van der Waals surface area contributed by atoms with Crippen LogP contribution in [-0.2, 0) is 19.2 Å². The van der Waals surface area contributed by atoms with E-state index < -0.39 is 71.7 Å². The Hall–Kier alpha value is -3.96. The van der Waals surface area contributed by atoms with Crippen molar-refractivity contribution in [1.82, 2.24) is 15.1 Å². The fourth-order valence-corrected chi connectivity index (χ4v) is 5.89. The minimum Gasteiger partial charge on any atom is -0.473 e. The zero-order chi connectivity index (χ0) is 31.4. The molecule has 4 aliphatic rings. The molecular formula is C28H30F5N5O5. The van der Waals surface area contributed by atoms with E-state index in [0.29, 0.717) is 18.9 Å². The Balaban J connectivity index is 1.41. The quantitative estimate of drug-likeness (QED) is 0.451. The zero-order valence-electron chi connectivity index (χ0n) is 23.4. The Bertz CT molecular complexity index is 1390. The molecule has 0 bridgehead atoms. The Kier molecular flexibility index (Phi) is 7.77. The van der Waals surface area contributed by atoms with Crippen LogP contribution in [-0.4, -0.2) is 84.0 Å². The third kappa shape index (κ3) is 5.96. The summed E-state index contributed by atoms with van der Waals surface area (Å²) >= 11 is 0. The van der Waals surface area contributed by atoms with Gasteiger partial charge in [-0.05, 0) is 24.7 Å². The van der Waals surface area contributed by atoms with Gasteiger partial charge in [0.05, 0.1) is 12.6 Å². The molecule has 3 fully saturated rings. The third-order valence-electron chi connectivity index (χ3n) is 8.57. The summed E-state index contributed by atoms with van der Waals surface area (Å²) in [5.41, 5.74) is -2.14. The molecule has 4 atom stereocenters.